The fourth-order valence-electron chi connectivity index (χ4n) is 3.25. The lowest BCUT2D eigenvalue weighted by Gasteiger charge is -2.46. The van der Waals surface area contributed by atoms with Crippen LogP contribution in [0.1, 0.15) is 17.4 Å². The third-order valence-corrected chi connectivity index (χ3v) is 4.66. The van der Waals surface area contributed by atoms with E-state index in [0.717, 1.165) is 11.1 Å². The highest BCUT2D eigenvalue weighted by molar-refractivity contribution is 5.17. The van der Waals surface area contributed by atoms with E-state index in [-0.39, 0.29) is 13.2 Å². The molecule has 6 heteroatoms. The molecule has 0 amide bonds. The molecule has 2 aliphatic rings. The average molecular weight is 358 g/mol. The largest absolute Gasteiger partial charge is 0.387 e. The summed E-state index contributed by atoms with van der Waals surface area (Å²) in [6, 6.07) is 19.1. The van der Waals surface area contributed by atoms with Gasteiger partial charge in [0.2, 0.25) is 0 Å². The van der Waals surface area contributed by atoms with Gasteiger partial charge in [0.15, 0.2) is 12.6 Å². The summed E-state index contributed by atoms with van der Waals surface area (Å²) in [5, 5.41) is 20.9. The van der Waals surface area contributed by atoms with Gasteiger partial charge in [-0.3, -0.25) is 0 Å². The maximum atomic E-state index is 10.5. The van der Waals surface area contributed by atoms with Crippen LogP contribution in [0.15, 0.2) is 60.7 Å². The van der Waals surface area contributed by atoms with Crippen molar-refractivity contribution in [3.63, 3.8) is 0 Å². The van der Waals surface area contributed by atoms with Crippen molar-refractivity contribution >= 4 is 0 Å². The Morgan fingerprint density at radius 2 is 1.58 bits per heavy atom. The maximum absolute atomic E-state index is 10.5. The van der Waals surface area contributed by atoms with Gasteiger partial charge in [-0.05, 0) is 5.56 Å². The summed E-state index contributed by atoms with van der Waals surface area (Å²) in [7, 11) is 0. The van der Waals surface area contributed by atoms with E-state index in [2.05, 4.69) is 0 Å². The molecule has 2 fully saturated rings. The molecule has 0 saturated carbocycles. The van der Waals surface area contributed by atoms with Crippen molar-refractivity contribution in [3.8, 4) is 0 Å². The molecule has 2 aromatic carbocycles. The van der Waals surface area contributed by atoms with Crippen molar-refractivity contribution in [2.45, 2.75) is 43.6 Å². The van der Waals surface area contributed by atoms with E-state index in [1.807, 2.05) is 60.7 Å². The summed E-state index contributed by atoms with van der Waals surface area (Å²) >= 11 is 0. The fraction of sp³-hybridized carbons (Fsp3) is 0.400. The van der Waals surface area contributed by atoms with Crippen LogP contribution in [0.25, 0.3) is 0 Å². The Labute approximate surface area is 151 Å². The zero-order valence-electron chi connectivity index (χ0n) is 14.2. The first-order valence-corrected chi connectivity index (χ1v) is 8.71. The highest BCUT2D eigenvalue weighted by atomic mass is 16.8. The van der Waals surface area contributed by atoms with Crippen LogP contribution < -0.4 is 0 Å². The Morgan fingerprint density at radius 1 is 0.885 bits per heavy atom. The van der Waals surface area contributed by atoms with Gasteiger partial charge < -0.3 is 29.2 Å². The smallest absolute Gasteiger partial charge is 0.187 e. The monoisotopic (exact) mass is 358 g/mol. The molecule has 0 spiro atoms. The minimum atomic E-state index is -1.20. The predicted molar refractivity (Wildman–Crippen MR) is 91.9 cm³/mol. The molecule has 26 heavy (non-hydrogen) atoms. The first-order valence-electron chi connectivity index (χ1n) is 8.71. The molecule has 2 N–H and O–H groups in total. The molecule has 0 aliphatic carbocycles. The van der Waals surface area contributed by atoms with Gasteiger partial charge in [0, 0.05) is 5.56 Å². The SMILES string of the molecule is O[C@@H]1[C@@H](O)[C@H](OCc2ccccc2)O[C@@H]2COC(c3ccccc3)O[C@@H]12. The molecule has 2 aliphatic heterocycles. The summed E-state index contributed by atoms with van der Waals surface area (Å²) in [6.45, 7) is 0.528. The average Bonchev–Trinajstić information content (AvgIpc) is 2.71. The lowest BCUT2D eigenvalue weighted by atomic mass is 9.98. The van der Waals surface area contributed by atoms with Crippen LogP contribution in [0, 0.1) is 0 Å². The van der Waals surface area contributed by atoms with E-state index >= 15 is 0 Å². The Kier molecular flexibility index (Phi) is 5.31. The summed E-state index contributed by atoms with van der Waals surface area (Å²) in [6.07, 6.45) is -5.04. The molecule has 2 aromatic rings. The van der Waals surface area contributed by atoms with E-state index < -0.39 is 37.0 Å². The molecule has 0 aromatic heterocycles. The zero-order valence-corrected chi connectivity index (χ0v) is 14.2. The molecule has 6 nitrogen and oxygen atoms in total. The highest BCUT2D eigenvalue weighted by Crippen LogP contribution is 2.34. The van der Waals surface area contributed by atoms with Crippen molar-refractivity contribution in [1.29, 1.82) is 0 Å². The van der Waals surface area contributed by atoms with Crippen LogP contribution in [-0.2, 0) is 25.6 Å². The van der Waals surface area contributed by atoms with E-state index in [0.29, 0.717) is 0 Å². The maximum Gasteiger partial charge on any atom is 0.187 e. The van der Waals surface area contributed by atoms with Gasteiger partial charge in [0.25, 0.3) is 0 Å². The number of rotatable bonds is 4. The van der Waals surface area contributed by atoms with Gasteiger partial charge in [0.05, 0.1) is 13.2 Å². The number of ether oxygens (including phenoxy) is 4. The van der Waals surface area contributed by atoms with Crippen LogP contribution >= 0.6 is 0 Å². The van der Waals surface area contributed by atoms with Gasteiger partial charge in [-0.2, -0.15) is 0 Å². The molecule has 2 saturated heterocycles. The number of fused-ring (bicyclic) bond motifs is 1. The van der Waals surface area contributed by atoms with Crippen LogP contribution in [-0.4, -0.2) is 47.5 Å². The van der Waals surface area contributed by atoms with E-state index in [4.69, 9.17) is 18.9 Å². The Balaban J connectivity index is 1.40. The van der Waals surface area contributed by atoms with Crippen molar-refractivity contribution < 1.29 is 29.2 Å². The van der Waals surface area contributed by atoms with E-state index in [1.54, 1.807) is 0 Å². The van der Waals surface area contributed by atoms with Gasteiger partial charge in [0.1, 0.15) is 24.4 Å². The molecule has 1 unspecified atom stereocenters. The minimum absolute atomic E-state index is 0.249. The van der Waals surface area contributed by atoms with Crippen molar-refractivity contribution in [2.24, 2.45) is 0 Å². The first-order chi connectivity index (χ1) is 12.7. The van der Waals surface area contributed by atoms with Crippen molar-refractivity contribution in [2.75, 3.05) is 6.61 Å². The Hall–Kier alpha value is -1.80. The molecule has 4 rings (SSSR count). The quantitative estimate of drug-likeness (QED) is 0.867. The van der Waals surface area contributed by atoms with Crippen molar-refractivity contribution in [1.82, 2.24) is 0 Å². The van der Waals surface area contributed by atoms with Gasteiger partial charge in [-0.1, -0.05) is 60.7 Å². The third-order valence-electron chi connectivity index (χ3n) is 4.66. The Bertz CT molecular complexity index is 692. The minimum Gasteiger partial charge on any atom is -0.387 e. The standard InChI is InChI=1S/C20H22O6/c21-16-17(22)20(23-11-13-7-3-1-4-8-13)25-15-12-24-19(26-18(15)16)14-9-5-2-6-10-14/h1-10,15-22H,11-12H2/t15-,16-,17-,18-,19?,20-/m1/s1. The lowest BCUT2D eigenvalue weighted by Crippen LogP contribution is -2.62. The molecule has 0 bridgehead atoms. The molecule has 2 heterocycles. The van der Waals surface area contributed by atoms with Crippen molar-refractivity contribution in [3.05, 3.63) is 71.8 Å². The second-order valence-electron chi connectivity index (χ2n) is 6.50. The van der Waals surface area contributed by atoms with E-state index in [9.17, 15) is 10.2 Å². The molecule has 6 atom stereocenters. The molecule has 138 valence electrons. The third kappa shape index (κ3) is 3.66. The normalized spacial score (nSPS) is 34.2. The van der Waals surface area contributed by atoms with E-state index in [1.165, 1.54) is 0 Å². The van der Waals surface area contributed by atoms with Crippen LogP contribution in [0.2, 0.25) is 0 Å². The fourth-order valence-corrected chi connectivity index (χ4v) is 3.25. The second-order valence-corrected chi connectivity index (χ2v) is 6.50. The number of benzene rings is 2. The number of hydrogen-bond donors (Lipinski definition) is 2. The first kappa shape index (κ1) is 17.6. The number of aliphatic hydroxyl groups is 2. The van der Waals surface area contributed by atoms with Gasteiger partial charge in [-0.25, -0.2) is 0 Å². The summed E-state index contributed by atoms with van der Waals surface area (Å²) in [4.78, 5) is 0. The topological polar surface area (TPSA) is 77.4 Å². The summed E-state index contributed by atoms with van der Waals surface area (Å²) in [5.74, 6) is 0. The van der Waals surface area contributed by atoms with Crippen LogP contribution in [0.3, 0.4) is 0 Å². The Morgan fingerprint density at radius 3 is 2.31 bits per heavy atom. The molecular weight excluding hydrogens is 336 g/mol. The van der Waals surface area contributed by atoms with Crippen LogP contribution in [0.5, 0.6) is 0 Å². The lowest BCUT2D eigenvalue weighted by molar-refractivity contribution is -0.362. The zero-order chi connectivity index (χ0) is 17.9. The molecular formula is C20H22O6. The van der Waals surface area contributed by atoms with Gasteiger partial charge >= 0.3 is 0 Å². The summed E-state index contributed by atoms with van der Waals surface area (Å²) in [5.41, 5.74) is 1.82. The van der Waals surface area contributed by atoms with Crippen LogP contribution in [0.4, 0.5) is 0 Å². The highest BCUT2D eigenvalue weighted by Gasteiger charge is 2.49. The number of hydrogen-bond acceptors (Lipinski definition) is 6. The summed E-state index contributed by atoms with van der Waals surface area (Å²) < 4.78 is 23.1. The second kappa shape index (κ2) is 7.84. The predicted octanol–water partition coefficient (Wildman–Crippen LogP) is 1.76. The number of aliphatic hydroxyl groups excluding tert-OH is 2. The van der Waals surface area contributed by atoms with Gasteiger partial charge in [-0.15, -0.1) is 0 Å². The molecule has 0 radical (unpaired) electrons.